The predicted octanol–water partition coefficient (Wildman–Crippen LogP) is 3.29. The highest BCUT2D eigenvalue weighted by atomic mass is 32.1. The molecule has 0 fully saturated rings. The number of furan rings is 1. The number of nitrogens with one attached hydrogen (secondary N) is 1. The maximum Gasteiger partial charge on any atom is 0.338 e. The largest absolute Gasteiger partial charge is 0.467 e. The van der Waals surface area contributed by atoms with Crippen molar-refractivity contribution in [3.05, 3.63) is 75.0 Å². The van der Waals surface area contributed by atoms with E-state index in [0.29, 0.717) is 16.3 Å². The summed E-state index contributed by atoms with van der Waals surface area (Å²) in [4.78, 5) is 52.2. The molecule has 1 N–H and O–H groups in total. The molecule has 3 heterocycles. The van der Waals surface area contributed by atoms with E-state index in [9.17, 15) is 24.4 Å². The number of amides is 3. The van der Waals surface area contributed by atoms with E-state index in [1.54, 1.807) is 12.1 Å². The highest BCUT2D eigenvalue weighted by Gasteiger charge is 2.36. The summed E-state index contributed by atoms with van der Waals surface area (Å²) in [5, 5.41) is 12.5. The number of benzene rings is 1. The SMILES string of the molecule is N#Cc1c(NC(=O)COC(=O)c2ccc3c(c2)C(=O)N(Cc2ccco2)C3=O)sc2c1CCC2. The van der Waals surface area contributed by atoms with Gasteiger partial charge in [-0.15, -0.1) is 11.3 Å². The molecule has 3 amide bonds. The topological polar surface area (TPSA) is 130 Å². The number of carbonyl (C=O) groups excluding carboxylic acids is 4. The van der Waals surface area contributed by atoms with Gasteiger partial charge in [-0.3, -0.25) is 19.3 Å². The molecule has 0 saturated carbocycles. The van der Waals surface area contributed by atoms with Gasteiger partial charge in [-0.1, -0.05) is 0 Å². The number of carbonyl (C=O) groups is 4. The molecule has 0 saturated heterocycles. The van der Waals surface area contributed by atoms with Crippen LogP contribution in [0.1, 0.15) is 59.3 Å². The van der Waals surface area contributed by atoms with E-state index in [-0.39, 0.29) is 23.2 Å². The lowest BCUT2D eigenvalue weighted by Crippen LogP contribution is -2.28. The van der Waals surface area contributed by atoms with E-state index >= 15 is 0 Å². The molecule has 0 radical (unpaired) electrons. The highest BCUT2D eigenvalue weighted by molar-refractivity contribution is 7.16. The molecule has 1 aromatic carbocycles. The van der Waals surface area contributed by atoms with Gasteiger partial charge < -0.3 is 14.5 Å². The number of imide groups is 1. The van der Waals surface area contributed by atoms with Crippen molar-refractivity contribution in [1.29, 1.82) is 5.26 Å². The first kappa shape index (κ1) is 21.6. The second-order valence-corrected chi connectivity index (χ2v) is 8.94. The minimum atomic E-state index is -0.808. The van der Waals surface area contributed by atoms with Crippen molar-refractivity contribution in [1.82, 2.24) is 4.90 Å². The molecule has 0 spiro atoms. The Bertz CT molecular complexity index is 1380. The Morgan fingerprint density at radius 1 is 1.18 bits per heavy atom. The summed E-state index contributed by atoms with van der Waals surface area (Å²) < 4.78 is 10.3. The number of thiophene rings is 1. The summed E-state index contributed by atoms with van der Waals surface area (Å²) in [7, 11) is 0. The first-order valence-corrected chi connectivity index (χ1v) is 11.3. The molecule has 1 aliphatic carbocycles. The average Bonchev–Trinajstić information content (AvgIpc) is 3.60. The van der Waals surface area contributed by atoms with Gasteiger partial charge >= 0.3 is 5.97 Å². The lowest BCUT2D eigenvalue weighted by atomic mass is 10.1. The molecule has 1 aliphatic heterocycles. The van der Waals surface area contributed by atoms with Crippen LogP contribution in [0.15, 0.2) is 41.0 Å². The Morgan fingerprint density at radius 3 is 2.76 bits per heavy atom. The van der Waals surface area contributed by atoms with E-state index in [0.717, 1.165) is 34.6 Å². The number of anilines is 1. The minimum absolute atomic E-state index is 0.0177. The van der Waals surface area contributed by atoms with Crippen molar-refractivity contribution >= 4 is 40.0 Å². The van der Waals surface area contributed by atoms with Crippen molar-refractivity contribution in [2.75, 3.05) is 11.9 Å². The second kappa shape index (κ2) is 8.61. The first-order chi connectivity index (χ1) is 16.5. The monoisotopic (exact) mass is 475 g/mol. The Kier molecular flexibility index (Phi) is 5.47. The van der Waals surface area contributed by atoms with E-state index in [4.69, 9.17) is 9.15 Å². The maximum absolute atomic E-state index is 12.7. The number of rotatable bonds is 6. The molecular formula is C24H17N3O6S. The zero-order valence-electron chi connectivity index (χ0n) is 17.8. The normalized spacial score (nSPS) is 14.0. The van der Waals surface area contributed by atoms with Gasteiger partial charge in [0.05, 0.1) is 35.1 Å². The quantitative estimate of drug-likeness (QED) is 0.428. The van der Waals surface area contributed by atoms with Crippen molar-refractivity contribution < 1.29 is 28.3 Å². The molecule has 5 rings (SSSR count). The fourth-order valence-corrected chi connectivity index (χ4v) is 5.36. The molecule has 2 aromatic heterocycles. The average molecular weight is 475 g/mol. The van der Waals surface area contributed by atoms with Crippen molar-refractivity contribution in [3.63, 3.8) is 0 Å². The van der Waals surface area contributed by atoms with Crippen LogP contribution in [0.4, 0.5) is 5.00 Å². The number of nitriles is 1. The zero-order valence-corrected chi connectivity index (χ0v) is 18.6. The van der Waals surface area contributed by atoms with Crippen LogP contribution in [-0.2, 0) is 28.9 Å². The van der Waals surface area contributed by atoms with Crippen LogP contribution in [-0.4, -0.2) is 35.2 Å². The number of hydrogen-bond acceptors (Lipinski definition) is 8. The Hall–Kier alpha value is -4.23. The lowest BCUT2D eigenvalue weighted by molar-refractivity contribution is -0.119. The molecule has 170 valence electrons. The fraction of sp³-hybridized carbons (Fsp3) is 0.208. The number of nitrogens with zero attached hydrogens (tertiary/aromatic N) is 2. The summed E-state index contributed by atoms with van der Waals surface area (Å²) in [6.45, 7) is -0.572. The Balaban J connectivity index is 1.23. The van der Waals surface area contributed by atoms with Crippen LogP contribution in [0, 0.1) is 11.3 Å². The van der Waals surface area contributed by atoms with Gasteiger partial charge in [0.2, 0.25) is 0 Å². The summed E-state index contributed by atoms with van der Waals surface area (Å²) in [5.74, 6) is -1.94. The molecule has 10 heteroatoms. The van der Waals surface area contributed by atoms with Crippen LogP contribution >= 0.6 is 11.3 Å². The number of esters is 1. The standard InChI is InChI=1S/C24H17N3O6S/c25-10-18-15-4-1-5-19(15)34-21(18)26-20(28)12-33-24(31)13-6-7-16-17(9-13)23(30)27(22(16)29)11-14-3-2-8-32-14/h2-3,6-9H,1,4-5,11-12H2,(H,26,28). The lowest BCUT2D eigenvalue weighted by Gasteiger charge is -2.11. The Morgan fingerprint density at radius 2 is 2.00 bits per heavy atom. The smallest absolute Gasteiger partial charge is 0.338 e. The number of aryl methyl sites for hydroxylation is 1. The van der Waals surface area contributed by atoms with Crippen LogP contribution in [0.2, 0.25) is 0 Å². The second-order valence-electron chi connectivity index (χ2n) is 7.83. The minimum Gasteiger partial charge on any atom is -0.467 e. The summed E-state index contributed by atoms with van der Waals surface area (Å²) >= 11 is 1.37. The Labute approximate surface area is 197 Å². The van der Waals surface area contributed by atoms with Crippen molar-refractivity contribution in [2.45, 2.75) is 25.8 Å². The first-order valence-electron chi connectivity index (χ1n) is 10.5. The van der Waals surface area contributed by atoms with Crippen LogP contribution in [0.3, 0.4) is 0 Å². The van der Waals surface area contributed by atoms with E-state index in [1.807, 2.05) is 0 Å². The number of hydrogen-bond donors (Lipinski definition) is 1. The summed E-state index contributed by atoms with van der Waals surface area (Å²) in [5.41, 5.74) is 1.76. The molecule has 0 unspecified atom stereocenters. The van der Waals surface area contributed by atoms with E-state index in [2.05, 4.69) is 11.4 Å². The van der Waals surface area contributed by atoms with Crippen molar-refractivity contribution in [3.8, 4) is 6.07 Å². The van der Waals surface area contributed by atoms with Crippen LogP contribution in [0.25, 0.3) is 0 Å². The molecule has 0 atom stereocenters. The number of fused-ring (bicyclic) bond motifs is 2. The molecule has 2 aliphatic rings. The molecule has 9 nitrogen and oxygen atoms in total. The van der Waals surface area contributed by atoms with Gasteiger partial charge in [0.25, 0.3) is 17.7 Å². The van der Waals surface area contributed by atoms with Gasteiger partial charge in [-0.05, 0) is 55.2 Å². The molecular weight excluding hydrogens is 458 g/mol. The van der Waals surface area contributed by atoms with E-state index < -0.39 is 30.3 Å². The fourth-order valence-electron chi connectivity index (χ4n) is 4.11. The highest BCUT2D eigenvalue weighted by Crippen LogP contribution is 2.38. The predicted molar refractivity (Wildman–Crippen MR) is 119 cm³/mol. The zero-order chi connectivity index (χ0) is 23.8. The molecule has 3 aromatic rings. The van der Waals surface area contributed by atoms with Crippen molar-refractivity contribution in [2.24, 2.45) is 0 Å². The van der Waals surface area contributed by atoms with E-state index in [1.165, 1.54) is 35.8 Å². The maximum atomic E-state index is 12.7. The summed E-state index contributed by atoms with van der Waals surface area (Å²) in [6.07, 6.45) is 4.15. The third-order valence-electron chi connectivity index (χ3n) is 5.72. The van der Waals surface area contributed by atoms with Gasteiger partial charge in [-0.2, -0.15) is 5.26 Å². The third kappa shape index (κ3) is 3.76. The summed E-state index contributed by atoms with van der Waals surface area (Å²) in [6, 6.07) is 9.50. The van der Waals surface area contributed by atoms with Gasteiger partial charge in [0.15, 0.2) is 6.61 Å². The molecule has 34 heavy (non-hydrogen) atoms. The van der Waals surface area contributed by atoms with Crippen LogP contribution < -0.4 is 5.32 Å². The van der Waals surface area contributed by atoms with Gasteiger partial charge in [0, 0.05) is 4.88 Å². The third-order valence-corrected chi connectivity index (χ3v) is 6.93. The number of ether oxygens (including phenoxy) is 1. The molecule has 0 bridgehead atoms. The van der Waals surface area contributed by atoms with Gasteiger partial charge in [0.1, 0.15) is 16.8 Å². The van der Waals surface area contributed by atoms with Crippen LogP contribution in [0.5, 0.6) is 0 Å². The van der Waals surface area contributed by atoms with Gasteiger partial charge in [-0.25, -0.2) is 4.79 Å².